The number of aliphatic hydroxyl groups is 1. The number of anilines is 1. The third kappa shape index (κ3) is 11.8. The van der Waals surface area contributed by atoms with E-state index < -0.39 is 47.1 Å². The number of nitrogens with zero attached hydrogens (tertiary/aromatic N) is 5. The molecule has 4 aromatic carbocycles. The molecule has 1 saturated heterocycles. The van der Waals surface area contributed by atoms with Gasteiger partial charge in [-0.25, -0.2) is 19.7 Å². The van der Waals surface area contributed by atoms with Gasteiger partial charge in [0.1, 0.15) is 48.4 Å². The molecule has 3 heterocycles. The Kier molecular flexibility index (Phi) is 16.3. The first-order chi connectivity index (χ1) is 32.6. The summed E-state index contributed by atoms with van der Waals surface area (Å²) in [6, 6.07) is 33.0. The summed E-state index contributed by atoms with van der Waals surface area (Å²) >= 11 is 0. The number of rotatable bonds is 23. The number of methoxy groups -OCH3 is 1. The van der Waals surface area contributed by atoms with Crippen LogP contribution in [0, 0.1) is 10.1 Å². The quantitative estimate of drug-likeness (QED) is 0.0242. The number of non-ortho nitro benzene ring substituents is 1. The number of carbonyl (C=O) groups excluding carboxylic acids is 3. The van der Waals surface area contributed by atoms with Crippen LogP contribution in [0.15, 0.2) is 122 Å². The van der Waals surface area contributed by atoms with Crippen molar-refractivity contribution in [2.75, 3.05) is 52.1 Å². The van der Waals surface area contributed by atoms with E-state index in [0.717, 1.165) is 22.3 Å². The molecular formula is C48H50N6O13. The van der Waals surface area contributed by atoms with E-state index in [1.54, 1.807) is 19.2 Å². The highest BCUT2D eigenvalue weighted by atomic mass is 16.6. The second kappa shape index (κ2) is 22.8. The number of ether oxygens (including phenoxy) is 7. The Labute approximate surface area is 385 Å². The zero-order chi connectivity index (χ0) is 47.2. The molecule has 0 unspecified atom stereocenters. The molecule has 4 atom stereocenters. The van der Waals surface area contributed by atoms with Crippen molar-refractivity contribution in [1.82, 2.24) is 19.5 Å². The van der Waals surface area contributed by atoms with E-state index in [1.165, 1.54) is 36.3 Å². The maximum absolute atomic E-state index is 12.9. The third-order valence-corrected chi connectivity index (χ3v) is 11.0. The number of hydrogen-bond donors (Lipinski definition) is 2. The molecule has 1 aliphatic heterocycles. The molecule has 1 fully saturated rings. The number of fused-ring (bicyclic) bond motifs is 1. The number of nitro benzene ring substituents is 1. The minimum Gasteiger partial charge on any atom is -0.497 e. The fraction of sp³-hybridized carbons (Fsp3) is 0.333. The van der Waals surface area contributed by atoms with Crippen LogP contribution < -0.4 is 10.1 Å². The van der Waals surface area contributed by atoms with Crippen LogP contribution in [0.2, 0.25) is 0 Å². The first-order valence-corrected chi connectivity index (χ1v) is 21.5. The molecule has 7 rings (SSSR count). The van der Waals surface area contributed by atoms with Crippen LogP contribution in [0.1, 0.15) is 48.2 Å². The summed E-state index contributed by atoms with van der Waals surface area (Å²) in [7, 11) is 1.60. The van der Waals surface area contributed by atoms with Crippen LogP contribution in [0.3, 0.4) is 0 Å². The zero-order valence-electron chi connectivity index (χ0n) is 36.8. The number of hydrogen-bond acceptors (Lipinski definition) is 16. The molecule has 67 heavy (non-hydrogen) atoms. The van der Waals surface area contributed by atoms with E-state index in [1.807, 2.05) is 84.9 Å². The second-order valence-electron chi connectivity index (χ2n) is 15.4. The Balaban J connectivity index is 1.10. The minimum absolute atomic E-state index is 0.00664. The van der Waals surface area contributed by atoms with Gasteiger partial charge in [0.05, 0.1) is 57.8 Å². The van der Waals surface area contributed by atoms with Gasteiger partial charge >= 0.3 is 12.1 Å². The SMILES string of the molecule is COc1ccc(C(OC[C@H]2O[C@@H](n3cnc4c(NC(=O)OCCc5ccc([N+](=O)[O-])cc5)ncnc43)[C@H](O)[C@@H]2OCCOCCOC(=O)CCC(C)=O)(c2ccccc2)c2ccccc2)cc1. The van der Waals surface area contributed by atoms with E-state index >= 15 is 0 Å². The number of aromatic nitrogens is 4. The number of nitrogens with one attached hydrogen (secondary N) is 1. The van der Waals surface area contributed by atoms with Gasteiger partial charge in [-0.15, -0.1) is 0 Å². The van der Waals surface area contributed by atoms with Crippen molar-refractivity contribution in [3.8, 4) is 5.75 Å². The van der Waals surface area contributed by atoms with Gasteiger partial charge in [-0.2, -0.15) is 0 Å². The lowest BCUT2D eigenvalue weighted by Gasteiger charge is -2.37. The van der Waals surface area contributed by atoms with Gasteiger partial charge < -0.3 is 43.1 Å². The average molecular weight is 919 g/mol. The summed E-state index contributed by atoms with van der Waals surface area (Å²) in [6.45, 7) is 1.46. The van der Waals surface area contributed by atoms with Crippen molar-refractivity contribution < 1.29 is 57.6 Å². The molecule has 2 N–H and O–H groups in total. The maximum atomic E-state index is 12.9. The van der Waals surface area contributed by atoms with Crippen LogP contribution in [0.5, 0.6) is 5.75 Å². The Hall–Kier alpha value is -7.16. The second-order valence-corrected chi connectivity index (χ2v) is 15.4. The fourth-order valence-electron chi connectivity index (χ4n) is 7.64. The highest BCUT2D eigenvalue weighted by Gasteiger charge is 2.48. The third-order valence-electron chi connectivity index (χ3n) is 11.0. The summed E-state index contributed by atoms with van der Waals surface area (Å²) in [5.74, 6) is 0.104. The van der Waals surface area contributed by atoms with Gasteiger partial charge in [-0.3, -0.25) is 24.8 Å². The van der Waals surface area contributed by atoms with E-state index in [-0.39, 0.29) is 80.9 Å². The van der Waals surface area contributed by atoms with Crippen molar-refractivity contribution in [3.63, 3.8) is 0 Å². The lowest BCUT2D eigenvalue weighted by molar-refractivity contribution is -0.384. The Morgan fingerprint density at radius 1 is 0.821 bits per heavy atom. The Morgan fingerprint density at radius 3 is 2.15 bits per heavy atom. The first kappa shape index (κ1) is 47.8. The number of benzene rings is 4. The molecule has 1 aliphatic rings. The number of Topliss-reactive ketones (excluding diaryl/α,β-unsaturated/α-hetero) is 1. The van der Waals surface area contributed by atoms with Gasteiger partial charge in [0.15, 0.2) is 23.2 Å². The number of carbonyl (C=O) groups is 3. The number of amides is 1. The smallest absolute Gasteiger partial charge is 0.412 e. The van der Waals surface area contributed by atoms with E-state index in [0.29, 0.717) is 12.2 Å². The molecule has 350 valence electrons. The molecule has 0 saturated carbocycles. The van der Waals surface area contributed by atoms with Crippen molar-refractivity contribution in [2.45, 2.75) is 56.3 Å². The van der Waals surface area contributed by atoms with Crippen LogP contribution in [-0.2, 0) is 50.0 Å². The number of ketones is 1. The summed E-state index contributed by atoms with van der Waals surface area (Å²) in [4.78, 5) is 59.6. The standard InChI is InChI=1S/C48H50N6O13/c1-32(55)13-22-40(56)63-27-25-62-26-28-64-43-39(29-66-48(34-9-5-3-6-10-34,35-11-7-4-8-12-35)36-16-20-38(61-2)21-17-36)67-46(42(43)57)53-31-51-41-44(49-30-50-45(41)53)52-47(58)65-24-23-33-14-18-37(19-15-33)54(59)60/h3-12,14-21,30-31,39,42-43,46,57H,13,22-29H2,1-2H3,(H,49,50,52,58)/t39-,42-,43-,46-/m1/s1. The highest BCUT2D eigenvalue weighted by Crippen LogP contribution is 2.43. The molecule has 1 amide bonds. The Bertz CT molecular complexity index is 2540. The number of aliphatic hydroxyl groups excluding tert-OH is 1. The monoisotopic (exact) mass is 918 g/mol. The summed E-state index contributed by atoms with van der Waals surface area (Å²) in [5.41, 5.74) is 2.39. The zero-order valence-corrected chi connectivity index (χ0v) is 36.8. The van der Waals surface area contributed by atoms with Crippen molar-refractivity contribution in [3.05, 3.63) is 154 Å². The van der Waals surface area contributed by atoms with Gasteiger partial charge in [0, 0.05) is 25.0 Å². The molecule has 19 nitrogen and oxygen atoms in total. The molecule has 0 aliphatic carbocycles. The summed E-state index contributed by atoms with van der Waals surface area (Å²) in [5, 5.41) is 25.7. The molecule has 6 aromatic rings. The molecular weight excluding hydrogens is 869 g/mol. The topological polar surface area (TPSA) is 235 Å². The number of imidazole rings is 1. The van der Waals surface area contributed by atoms with Gasteiger partial charge in [-0.05, 0) is 41.3 Å². The van der Waals surface area contributed by atoms with Gasteiger partial charge in [0.25, 0.3) is 5.69 Å². The van der Waals surface area contributed by atoms with Gasteiger partial charge in [-0.1, -0.05) is 84.9 Å². The van der Waals surface area contributed by atoms with Crippen molar-refractivity contribution in [1.29, 1.82) is 0 Å². The lowest BCUT2D eigenvalue weighted by atomic mass is 9.80. The predicted octanol–water partition coefficient (Wildman–Crippen LogP) is 6.12. The average Bonchev–Trinajstić information content (AvgIpc) is 3.92. The number of nitro groups is 1. The van der Waals surface area contributed by atoms with Gasteiger partial charge in [0.2, 0.25) is 0 Å². The lowest BCUT2D eigenvalue weighted by Crippen LogP contribution is -2.41. The van der Waals surface area contributed by atoms with E-state index in [2.05, 4.69) is 20.3 Å². The molecule has 0 spiro atoms. The molecule has 0 radical (unpaired) electrons. The van der Waals surface area contributed by atoms with Crippen LogP contribution in [-0.4, -0.2) is 112 Å². The summed E-state index contributed by atoms with van der Waals surface area (Å²) < 4.78 is 43.3. The van der Waals surface area contributed by atoms with Crippen LogP contribution >= 0.6 is 0 Å². The van der Waals surface area contributed by atoms with E-state index in [9.17, 15) is 29.6 Å². The predicted molar refractivity (Wildman–Crippen MR) is 240 cm³/mol. The fourth-order valence-corrected chi connectivity index (χ4v) is 7.64. The highest BCUT2D eigenvalue weighted by molar-refractivity contribution is 5.93. The first-order valence-electron chi connectivity index (χ1n) is 21.5. The van der Waals surface area contributed by atoms with Crippen molar-refractivity contribution >= 4 is 40.5 Å². The molecule has 19 heteroatoms. The maximum Gasteiger partial charge on any atom is 0.412 e. The van der Waals surface area contributed by atoms with Crippen LogP contribution in [0.4, 0.5) is 16.3 Å². The number of esters is 1. The molecule has 0 bridgehead atoms. The van der Waals surface area contributed by atoms with Crippen molar-refractivity contribution in [2.24, 2.45) is 0 Å². The largest absolute Gasteiger partial charge is 0.497 e. The van der Waals surface area contributed by atoms with Crippen LogP contribution in [0.25, 0.3) is 11.2 Å². The minimum atomic E-state index is -1.31. The normalized spacial score (nSPS) is 16.9. The Morgan fingerprint density at radius 2 is 1.49 bits per heavy atom. The molecule has 2 aromatic heterocycles. The summed E-state index contributed by atoms with van der Waals surface area (Å²) in [6.07, 6.45) is -2.07. The van der Waals surface area contributed by atoms with E-state index in [4.69, 9.17) is 33.2 Å².